The van der Waals surface area contributed by atoms with Crippen LogP contribution in [0.5, 0.6) is 0 Å². The first-order chi connectivity index (χ1) is 5.26. The molecule has 0 radical (unpaired) electrons. The highest BCUT2D eigenvalue weighted by atomic mass is 16.3. The molecule has 0 saturated carbocycles. The Bertz CT molecular complexity index is 134. The lowest BCUT2D eigenvalue weighted by Crippen LogP contribution is -2.32. The molecule has 0 aromatic rings. The van der Waals surface area contributed by atoms with E-state index in [1.54, 1.807) is 17.9 Å². The molecule has 0 bridgehead atoms. The third-order valence-corrected chi connectivity index (χ3v) is 1.37. The van der Waals surface area contributed by atoms with Crippen LogP contribution in [0.2, 0.25) is 0 Å². The third-order valence-electron chi connectivity index (χ3n) is 1.37. The number of hydrogen-bond donors (Lipinski definition) is 1. The first-order valence-electron chi connectivity index (χ1n) is 3.75. The maximum Gasteiger partial charge on any atom is 0.222 e. The van der Waals surface area contributed by atoms with E-state index in [0.29, 0.717) is 19.5 Å². The van der Waals surface area contributed by atoms with Gasteiger partial charge in [-0.1, -0.05) is 13.0 Å². The van der Waals surface area contributed by atoms with Crippen LogP contribution < -0.4 is 0 Å². The van der Waals surface area contributed by atoms with Gasteiger partial charge in [-0.2, -0.15) is 0 Å². The van der Waals surface area contributed by atoms with Gasteiger partial charge in [-0.15, -0.1) is 6.58 Å². The molecule has 0 fully saturated rings. The molecular formula is C8H15NO2. The molecule has 0 atom stereocenters. The summed E-state index contributed by atoms with van der Waals surface area (Å²) in [4.78, 5) is 12.6. The lowest BCUT2D eigenvalue weighted by molar-refractivity contribution is -0.130. The van der Waals surface area contributed by atoms with Gasteiger partial charge in [0.2, 0.25) is 5.91 Å². The van der Waals surface area contributed by atoms with Gasteiger partial charge >= 0.3 is 0 Å². The number of aliphatic hydroxyl groups is 1. The minimum absolute atomic E-state index is 0.0135. The lowest BCUT2D eigenvalue weighted by atomic mass is 10.3. The zero-order valence-electron chi connectivity index (χ0n) is 6.92. The van der Waals surface area contributed by atoms with Crippen LogP contribution in [0.25, 0.3) is 0 Å². The Morgan fingerprint density at radius 1 is 1.73 bits per heavy atom. The second-order valence-corrected chi connectivity index (χ2v) is 2.21. The fourth-order valence-corrected chi connectivity index (χ4v) is 0.818. The van der Waals surface area contributed by atoms with Gasteiger partial charge in [0, 0.05) is 19.5 Å². The quantitative estimate of drug-likeness (QED) is 0.587. The highest BCUT2D eigenvalue weighted by Crippen LogP contribution is 1.92. The van der Waals surface area contributed by atoms with Crippen LogP contribution in [0, 0.1) is 0 Å². The SMILES string of the molecule is C=CCN(CCO)C(=O)CC. The normalized spacial score (nSPS) is 9.27. The van der Waals surface area contributed by atoms with Crippen LogP contribution >= 0.6 is 0 Å². The largest absolute Gasteiger partial charge is 0.395 e. The van der Waals surface area contributed by atoms with E-state index in [9.17, 15) is 4.79 Å². The Labute approximate surface area is 67.3 Å². The second-order valence-electron chi connectivity index (χ2n) is 2.21. The Morgan fingerprint density at radius 3 is 2.73 bits per heavy atom. The molecule has 1 N–H and O–H groups in total. The van der Waals surface area contributed by atoms with E-state index < -0.39 is 0 Å². The van der Waals surface area contributed by atoms with E-state index in [4.69, 9.17) is 5.11 Å². The minimum atomic E-state index is 0.0135. The van der Waals surface area contributed by atoms with Crippen LogP contribution in [0.1, 0.15) is 13.3 Å². The number of nitrogens with zero attached hydrogens (tertiary/aromatic N) is 1. The molecule has 3 heteroatoms. The molecular weight excluding hydrogens is 142 g/mol. The van der Waals surface area contributed by atoms with Crippen molar-refractivity contribution in [3.8, 4) is 0 Å². The van der Waals surface area contributed by atoms with Crippen molar-refractivity contribution in [2.45, 2.75) is 13.3 Å². The van der Waals surface area contributed by atoms with E-state index in [-0.39, 0.29) is 12.5 Å². The molecule has 3 nitrogen and oxygen atoms in total. The van der Waals surface area contributed by atoms with Gasteiger partial charge in [0.15, 0.2) is 0 Å². The molecule has 0 aliphatic rings. The summed E-state index contributed by atoms with van der Waals surface area (Å²) >= 11 is 0. The molecule has 1 amide bonds. The fourth-order valence-electron chi connectivity index (χ4n) is 0.818. The second kappa shape index (κ2) is 5.92. The maximum absolute atomic E-state index is 11.1. The van der Waals surface area contributed by atoms with Gasteiger partial charge in [0.05, 0.1) is 6.61 Å². The Balaban J connectivity index is 3.86. The summed E-state index contributed by atoms with van der Waals surface area (Å²) in [5.74, 6) is 0.0546. The smallest absolute Gasteiger partial charge is 0.222 e. The highest BCUT2D eigenvalue weighted by Gasteiger charge is 2.07. The van der Waals surface area contributed by atoms with Crippen LogP contribution in [0.15, 0.2) is 12.7 Å². The van der Waals surface area contributed by atoms with Crippen LogP contribution in [0.3, 0.4) is 0 Å². The molecule has 0 aromatic heterocycles. The van der Waals surface area contributed by atoms with Crippen molar-refractivity contribution in [3.63, 3.8) is 0 Å². The van der Waals surface area contributed by atoms with Crippen molar-refractivity contribution < 1.29 is 9.90 Å². The molecule has 11 heavy (non-hydrogen) atoms. The van der Waals surface area contributed by atoms with E-state index in [0.717, 1.165) is 0 Å². The predicted molar refractivity (Wildman–Crippen MR) is 44.2 cm³/mol. The average molecular weight is 157 g/mol. The van der Waals surface area contributed by atoms with E-state index >= 15 is 0 Å². The van der Waals surface area contributed by atoms with Crippen LogP contribution in [-0.2, 0) is 4.79 Å². The van der Waals surface area contributed by atoms with E-state index in [1.165, 1.54) is 0 Å². The summed E-state index contributed by atoms with van der Waals surface area (Å²) in [5, 5.41) is 8.58. The van der Waals surface area contributed by atoms with Crippen molar-refractivity contribution >= 4 is 5.91 Å². The lowest BCUT2D eigenvalue weighted by Gasteiger charge is -2.18. The first kappa shape index (κ1) is 10.2. The van der Waals surface area contributed by atoms with Gasteiger partial charge in [0.25, 0.3) is 0 Å². The summed E-state index contributed by atoms with van der Waals surface area (Å²) in [6, 6.07) is 0. The van der Waals surface area contributed by atoms with Crippen molar-refractivity contribution in [2.24, 2.45) is 0 Å². The molecule has 64 valence electrons. The monoisotopic (exact) mass is 157 g/mol. The molecule has 0 aromatic carbocycles. The summed E-state index contributed by atoms with van der Waals surface area (Å²) in [6.45, 7) is 6.26. The molecule has 0 unspecified atom stereocenters. The van der Waals surface area contributed by atoms with Crippen LogP contribution in [0.4, 0.5) is 0 Å². The summed E-state index contributed by atoms with van der Waals surface area (Å²) < 4.78 is 0. The van der Waals surface area contributed by atoms with Gasteiger partial charge in [-0.05, 0) is 0 Å². The van der Waals surface area contributed by atoms with E-state index in [1.807, 2.05) is 0 Å². The van der Waals surface area contributed by atoms with Crippen molar-refractivity contribution in [1.82, 2.24) is 4.90 Å². The average Bonchev–Trinajstić information content (AvgIpc) is 2.03. The number of aliphatic hydroxyl groups excluding tert-OH is 1. The topological polar surface area (TPSA) is 40.5 Å². The summed E-state index contributed by atoms with van der Waals surface area (Å²) in [5.41, 5.74) is 0. The minimum Gasteiger partial charge on any atom is -0.395 e. The van der Waals surface area contributed by atoms with Crippen LogP contribution in [-0.4, -0.2) is 35.6 Å². The fraction of sp³-hybridized carbons (Fsp3) is 0.625. The molecule has 0 saturated heterocycles. The van der Waals surface area contributed by atoms with Crippen molar-refractivity contribution in [3.05, 3.63) is 12.7 Å². The maximum atomic E-state index is 11.1. The Kier molecular flexibility index (Phi) is 5.47. The number of carbonyl (C=O) groups is 1. The van der Waals surface area contributed by atoms with Crippen molar-refractivity contribution in [2.75, 3.05) is 19.7 Å². The zero-order chi connectivity index (χ0) is 8.69. The molecule has 0 rings (SSSR count). The Hall–Kier alpha value is -0.830. The van der Waals surface area contributed by atoms with Gasteiger partial charge in [-0.3, -0.25) is 4.79 Å². The molecule has 0 spiro atoms. The zero-order valence-corrected chi connectivity index (χ0v) is 6.92. The van der Waals surface area contributed by atoms with Gasteiger partial charge in [0.1, 0.15) is 0 Å². The van der Waals surface area contributed by atoms with Gasteiger partial charge in [-0.25, -0.2) is 0 Å². The number of rotatable bonds is 5. The van der Waals surface area contributed by atoms with Gasteiger partial charge < -0.3 is 10.0 Å². The number of hydrogen-bond acceptors (Lipinski definition) is 2. The standard InChI is InChI=1S/C8H15NO2/c1-3-5-9(6-7-10)8(11)4-2/h3,10H,1,4-7H2,2H3. The predicted octanol–water partition coefficient (Wildman–Crippen LogP) is 0.403. The number of carbonyl (C=O) groups excluding carboxylic acids is 1. The molecule has 0 aliphatic heterocycles. The summed E-state index contributed by atoms with van der Waals surface area (Å²) in [6.07, 6.45) is 2.14. The van der Waals surface area contributed by atoms with E-state index in [2.05, 4.69) is 6.58 Å². The highest BCUT2D eigenvalue weighted by molar-refractivity contribution is 5.75. The molecule has 0 heterocycles. The number of amides is 1. The Morgan fingerprint density at radius 2 is 2.36 bits per heavy atom. The van der Waals surface area contributed by atoms with Crippen molar-refractivity contribution in [1.29, 1.82) is 0 Å². The first-order valence-corrected chi connectivity index (χ1v) is 3.75. The third kappa shape index (κ3) is 3.78. The summed E-state index contributed by atoms with van der Waals surface area (Å²) in [7, 11) is 0. The molecule has 0 aliphatic carbocycles.